The minimum atomic E-state index is -0.364. The summed E-state index contributed by atoms with van der Waals surface area (Å²) in [6.45, 7) is 1.26. The Labute approximate surface area is 159 Å². The second-order valence-corrected chi connectivity index (χ2v) is 7.28. The summed E-state index contributed by atoms with van der Waals surface area (Å²) in [5.41, 5.74) is 3.24. The Morgan fingerprint density at radius 1 is 1.07 bits per heavy atom. The van der Waals surface area contributed by atoms with Crippen LogP contribution in [0.1, 0.15) is 35.1 Å². The summed E-state index contributed by atoms with van der Waals surface area (Å²) in [6.07, 6.45) is 1.16. The Hall–Kier alpha value is -2.66. The van der Waals surface area contributed by atoms with Gasteiger partial charge in [0.25, 0.3) is 0 Å². The number of hydrogen-bond acceptors (Lipinski definition) is 4. The molecule has 0 saturated carbocycles. The smallest absolute Gasteiger partial charge is 0.237 e. The highest BCUT2D eigenvalue weighted by Crippen LogP contribution is 2.37. The summed E-state index contributed by atoms with van der Waals surface area (Å²) in [6, 6.07) is 15.6. The second kappa shape index (κ2) is 7.16. The number of carbonyl (C=O) groups excluding carboxylic acids is 2. The number of hydrogen-bond donors (Lipinski definition) is 0. The number of imide groups is 1. The first kappa shape index (κ1) is 17.7. The molecule has 140 valence electrons. The Morgan fingerprint density at radius 3 is 2.59 bits per heavy atom. The summed E-state index contributed by atoms with van der Waals surface area (Å²) >= 11 is 0. The van der Waals surface area contributed by atoms with Crippen LogP contribution in [0.15, 0.2) is 48.5 Å². The van der Waals surface area contributed by atoms with Crippen molar-refractivity contribution in [2.45, 2.75) is 24.8 Å². The SMILES string of the molecule is COc1cccc2c1CCN(C)C2CN1C(=O)CC(c2ccccc2)C1=O. The summed E-state index contributed by atoms with van der Waals surface area (Å²) in [5, 5.41) is 0. The molecule has 2 aliphatic rings. The second-order valence-electron chi connectivity index (χ2n) is 7.28. The van der Waals surface area contributed by atoms with E-state index in [4.69, 9.17) is 4.74 Å². The molecule has 1 fully saturated rings. The van der Waals surface area contributed by atoms with Crippen molar-refractivity contribution in [1.29, 1.82) is 0 Å². The van der Waals surface area contributed by atoms with Gasteiger partial charge in [0, 0.05) is 25.1 Å². The summed E-state index contributed by atoms with van der Waals surface area (Å²) < 4.78 is 5.52. The standard InChI is InChI=1S/C22H24N2O3/c1-23-12-11-17-16(9-6-10-20(17)27-2)19(23)14-24-21(25)13-18(22(24)26)15-7-4-3-5-8-15/h3-10,18-19H,11-14H2,1-2H3. The van der Waals surface area contributed by atoms with E-state index in [1.165, 1.54) is 10.5 Å². The number of carbonyl (C=O) groups is 2. The molecule has 2 amide bonds. The number of likely N-dealkylation sites (tertiary alicyclic amines) is 1. The maximum atomic E-state index is 13.0. The van der Waals surface area contributed by atoms with Crippen molar-refractivity contribution < 1.29 is 14.3 Å². The molecule has 0 bridgehead atoms. The van der Waals surface area contributed by atoms with Crippen LogP contribution in [0.2, 0.25) is 0 Å². The number of benzene rings is 2. The third-order valence-electron chi connectivity index (χ3n) is 5.80. The molecule has 2 aliphatic heterocycles. The average molecular weight is 364 g/mol. The van der Waals surface area contributed by atoms with Crippen LogP contribution < -0.4 is 4.74 Å². The molecule has 2 aromatic rings. The van der Waals surface area contributed by atoms with Crippen molar-refractivity contribution in [3.8, 4) is 5.75 Å². The van der Waals surface area contributed by atoms with Gasteiger partial charge in [-0.2, -0.15) is 0 Å². The van der Waals surface area contributed by atoms with Gasteiger partial charge in [0.15, 0.2) is 0 Å². The van der Waals surface area contributed by atoms with Crippen molar-refractivity contribution in [1.82, 2.24) is 9.80 Å². The number of amides is 2. The van der Waals surface area contributed by atoms with E-state index in [2.05, 4.69) is 11.0 Å². The highest BCUT2D eigenvalue weighted by Gasteiger charge is 2.41. The van der Waals surface area contributed by atoms with Crippen LogP contribution in [0, 0.1) is 0 Å². The van der Waals surface area contributed by atoms with Gasteiger partial charge < -0.3 is 4.74 Å². The summed E-state index contributed by atoms with van der Waals surface area (Å²) in [5.74, 6) is 0.344. The first-order valence-corrected chi connectivity index (χ1v) is 9.35. The van der Waals surface area contributed by atoms with E-state index in [1.807, 2.05) is 49.5 Å². The predicted molar refractivity (Wildman–Crippen MR) is 103 cm³/mol. The van der Waals surface area contributed by atoms with E-state index >= 15 is 0 Å². The number of fused-ring (bicyclic) bond motifs is 1. The maximum absolute atomic E-state index is 13.0. The molecule has 0 spiro atoms. The minimum Gasteiger partial charge on any atom is -0.496 e. The van der Waals surface area contributed by atoms with Crippen molar-refractivity contribution in [2.24, 2.45) is 0 Å². The number of methoxy groups -OCH3 is 1. The van der Waals surface area contributed by atoms with Crippen molar-refractivity contribution in [3.63, 3.8) is 0 Å². The lowest BCUT2D eigenvalue weighted by Crippen LogP contribution is -2.42. The molecule has 0 N–H and O–H groups in total. The van der Waals surface area contributed by atoms with Crippen molar-refractivity contribution in [3.05, 3.63) is 65.2 Å². The van der Waals surface area contributed by atoms with Gasteiger partial charge in [-0.3, -0.25) is 19.4 Å². The monoisotopic (exact) mass is 364 g/mol. The fourth-order valence-corrected chi connectivity index (χ4v) is 4.27. The van der Waals surface area contributed by atoms with Gasteiger partial charge in [-0.25, -0.2) is 0 Å². The predicted octanol–water partition coefficient (Wildman–Crippen LogP) is 2.77. The number of ether oxygens (including phenoxy) is 1. The molecule has 1 saturated heterocycles. The van der Waals surface area contributed by atoms with Crippen molar-refractivity contribution in [2.75, 3.05) is 27.2 Å². The van der Waals surface area contributed by atoms with Crippen LogP contribution in [0.25, 0.3) is 0 Å². The van der Waals surface area contributed by atoms with Gasteiger partial charge in [0.2, 0.25) is 11.8 Å². The molecule has 2 aromatic carbocycles. The Kier molecular flexibility index (Phi) is 4.70. The van der Waals surface area contributed by atoms with Crippen LogP contribution in [0.4, 0.5) is 0 Å². The molecular formula is C22H24N2O3. The quantitative estimate of drug-likeness (QED) is 0.783. The summed E-state index contributed by atoms with van der Waals surface area (Å²) in [7, 11) is 3.73. The molecular weight excluding hydrogens is 340 g/mol. The normalized spacial score (nSPS) is 22.8. The molecule has 0 aromatic heterocycles. The van der Waals surface area contributed by atoms with Crippen LogP contribution in [-0.2, 0) is 16.0 Å². The molecule has 5 nitrogen and oxygen atoms in total. The molecule has 0 aliphatic carbocycles. The Morgan fingerprint density at radius 2 is 1.85 bits per heavy atom. The number of nitrogens with zero attached hydrogens (tertiary/aromatic N) is 2. The highest BCUT2D eigenvalue weighted by atomic mass is 16.5. The Bertz CT molecular complexity index is 865. The van der Waals surface area contributed by atoms with E-state index in [-0.39, 0.29) is 30.2 Å². The third-order valence-corrected chi connectivity index (χ3v) is 5.80. The fourth-order valence-electron chi connectivity index (χ4n) is 4.27. The third kappa shape index (κ3) is 3.12. The molecule has 2 unspecified atom stereocenters. The highest BCUT2D eigenvalue weighted by molar-refractivity contribution is 6.06. The zero-order valence-electron chi connectivity index (χ0n) is 15.7. The maximum Gasteiger partial charge on any atom is 0.237 e. The van der Waals surface area contributed by atoms with Crippen LogP contribution >= 0.6 is 0 Å². The minimum absolute atomic E-state index is 0.00808. The van der Waals surface area contributed by atoms with E-state index in [1.54, 1.807) is 7.11 Å². The molecule has 5 heteroatoms. The zero-order chi connectivity index (χ0) is 19.0. The van der Waals surface area contributed by atoms with Gasteiger partial charge in [0.05, 0.1) is 19.1 Å². The van der Waals surface area contributed by atoms with E-state index in [0.29, 0.717) is 6.54 Å². The first-order valence-electron chi connectivity index (χ1n) is 9.35. The van der Waals surface area contributed by atoms with Gasteiger partial charge in [0.1, 0.15) is 5.75 Å². The molecule has 27 heavy (non-hydrogen) atoms. The number of rotatable bonds is 4. The Balaban J connectivity index is 1.61. The zero-order valence-corrected chi connectivity index (χ0v) is 15.7. The largest absolute Gasteiger partial charge is 0.496 e. The average Bonchev–Trinajstić information content (AvgIpc) is 2.98. The fraction of sp³-hybridized carbons (Fsp3) is 0.364. The summed E-state index contributed by atoms with van der Waals surface area (Å²) in [4.78, 5) is 29.3. The van der Waals surface area contributed by atoms with E-state index in [9.17, 15) is 9.59 Å². The van der Waals surface area contributed by atoms with Gasteiger partial charge in [-0.05, 0) is 30.7 Å². The molecule has 2 atom stereocenters. The van der Waals surface area contributed by atoms with Gasteiger partial charge in [-0.15, -0.1) is 0 Å². The lowest BCUT2D eigenvalue weighted by molar-refractivity contribution is -0.139. The number of likely N-dealkylation sites (N-methyl/N-ethyl adjacent to an activating group) is 1. The van der Waals surface area contributed by atoms with E-state index in [0.717, 1.165) is 29.8 Å². The van der Waals surface area contributed by atoms with Crippen molar-refractivity contribution >= 4 is 11.8 Å². The van der Waals surface area contributed by atoms with Gasteiger partial charge >= 0.3 is 0 Å². The van der Waals surface area contributed by atoms with Crippen LogP contribution in [-0.4, -0.2) is 48.9 Å². The molecule has 0 radical (unpaired) electrons. The lowest BCUT2D eigenvalue weighted by atomic mass is 9.91. The van der Waals surface area contributed by atoms with E-state index < -0.39 is 0 Å². The molecule has 2 heterocycles. The van der Waals surface area contributed by atoms with Crippen LogP contribution in [0.5, 0.6) is 5.75 Å². The lowest BCUT2D eigenvalue weighted by Gasteiger charge is -2.37. The molecule has 4 rings (SSSR count). The topological polar surface area (TPSA) is 49.9 Å². The van der Waals surface area contributed by atoms with Gasteiger partial charge in [-0.1, -0.05) is 42.5 Å². The first-order chi connectivity index (χ1) is 13.1. The van der Waals surface area contributed by atoms with Crippen LogP contribution in [0.3, 0.4) is 0 Å².